The fourth-order valence-corrected chi connectivity index (χ4v) is 2.16. The van der Waals surface area contributed by atoms with Crippen molar-refractivity contribution in [1.82, 2.24) is 29.7 Å². The average molecular weight is 642 g/mol. The molecular weight excluding hydrogens is 604 g/mol. The summed E-state index contributed by atoms with van der Waals surface area (Å²) in [6.45, 7) is 3.75. The number of nitrogens with one attached hydrogen (secondary N) is 2. The van der Waals surface area contributed by atoms with Crippen molar-refractivity contribution >= 4 is 36.7 Å². The molecule has 41 heavy (non-hydrogen) atoms. The van der Waals surface area contributed by atoms with Gasteiger partial charge in [-0.15, -0.1) is 0 Å². The quantitative estimate of drug-likeness (QED) is 0.111. The summed E-state index contributed by atoms with van der Waals surface area (Å²) in [5, 5.41) is 38.2. The smallest absolute Gasteiger partial charge is 0.543 e. The molecule has 0 unspecified atom stereocenters. The summed E-state index contributed by atoms with van der Waals surface area (Å²) in [7, 11) is 6.75. The predicted molar refractivity (Wildman–Crippen MR) is 137 cm³/mol. The molecule has 2 amide bonds. The molecule has 0 aliphatic carbocycles. The van der Waals surface area contributed by atoms with Gasteiger partial charge in [0.1, 0.15) is 23.0 Å². The van der Waals surface area contributed by atoms with Gasteiger partial charge in [-0.3, -0.25) is 9.59 Å². The number of aryl methyl sites for hydroxylation is 2. The number of imidazole rings is 2. The minimum Gasteiger partial charge on any atom is -0.543 e. The van der Waals surface area contributed by atoms with Gasteiger partial charge < -0.3 is 60.7 Å². The Hall–Kier alpha value is -4.32. The van der Waals surface area contributed by atoms with Crippen molar-refractivity contribution in [2.24, 2.45) is 0 Å². The van der Waals surface area contributed by atoms with Gasteiger partial charge >= 0.3 is 29.0 Å². The molecule has 2 heterocycles. The first-order valence-electron chi connectivity index (χ1n) is 11.0. The molecule has 0 saturated heterocycles. The third kappa shape index (κ3) is 19.4. The van der Waals surface area contributed by atoms with Crippen LogP contribution < -0.4 is 10.2 Å². The Morgan fingerprint density at radius 3 is 1.10 bits per heavy atom. The van der Waals surface area contributed by atoms with E-state index in [0.717, 1.165) is 25.7 Å². The first-order chi connectivity index (χ1) is 17.7. The average Bonchev–Trinajstić information content (AvgIpc) is 3.46. The second-order valence-corrected chi connectivity index (χ2v) is 7.64. The monoisotopic (exact) mass is 641 g/mol. The number of carbonyl (C=O) groups excluding carboxylic acids is 4. The molecule has 2 aromatic heterocycles. The number of aromatic nitrogens is 4. The van der Waals surface area contributed by atoms with E-state index in [0.29, 0.717) is 24.5 Å². The second-order valence-electron chi connectivity index (χ2n) is 7.64. The molecule has 0 aliphatic heterocycles. The van der Waals surface area contributed by atoms with Crippen LogP contribution in [0.4, 0.5) is 0 Å². The van der Waals surface area contributed by atoms with Gasteiger partial charge in [-0.1, -0.05) is 13.8 Å². The summed E-state index contributed by atoms with van der Waals surface area (Å²) in [4.78, 5) is 76.0. The maximum atomic E-state index is 10.6. The normalized spacial score (nSPS) is 8.54. The number of carboxylic acids is 4. The zero-order chi connectivity index (χ0) is 30.0. The van der Waals surface area contributed by atoms with Crippen LogP contribution in [0.25, 0.3) is 0 Å². The molecule has 2 rings (SSSR count). The van der Waals surface area contributed by atoms with E-state index in [2.05, 4.69) is 19.9 Å². The van der Waals surface area contributed by atoms with Gasteiger partial charge in [0.15, 0.2) is 11.4 Å². The molecule has 0 bridgehead atoms. The van der Waals surface area contributed by atoms with Crippen molar-refractivity contribution in [1.29, 1.82) is 0 Å². The van der Waals surface area contributed by atoms with Crippen molar-refractivity contribution in [2.75, 3.05) is 28.2 Å². The SMILES string of the molecule is CCCc1nc(C(=O)[O-])c(C(=O)O)[nH]1.CCCc1nc(C(=O)[O-])c(C(=O)O)[nH]1.CN(C)C=O.CN(C)C=O.[Cu+2].[OH3+].[OH3+]. The molecule has 2 aromatic rings. The Morgan fingerprint density at radius 1 is 0.732 bits per heavy atom. The first-order valence-corrected chi connectivity index (χ1v) is 11.0. The van der Waals surface area contributed by atoms with Crippen LogP contribution in [-0.2, 0) is 50.5 Å². The summed E-state index contributed by atoms with van der Waals surface area (Å²) >= 11 is 0. The van der Waals surface area contributed by atoms with Crippen molar-refractivity contribution in [2.45, 2.75) is 39.5 Å². The fourth-order valence-electron chi connectivity index (χ4n) is 2.16. The van der Waals surface area contributed by atoms with Crippen LogP contribution in [0.5, 0.6) is 0 Å². The molecule has 19 heteroatoms. The van der Waals surface area contributed by atoms with Gasteiger partial charge in [-0.2, -0.15) is 0 Å². The zero-order valence-electron chi connectivity index (χ0n) is 23.4. The van der Waals surface area contributed by atoms with Gasteiger partial charge in [0.05, 0.1) is 11.9 Å². The number of hydrogen-bond donors (Lipinski definition) is 4. The number of amides is 2. The maximum Gasteiger partial charge on any atom is 2.00 e. The number of carboxylic acid groups (broad SMARTS) is 4. The van der Waals surface area contributed by atoms with Gasteiger partial charge in [0.2, 0.25) is 12.8 Å². The molecule has 0 saturated carbocycles. The van der Waals surface area contributed by atoms with Crippen LogP contribution in [0.15, 0.2) is 0 Å². The number of aromatic carboxylic acids is 4. The minimum absolute atomic E-state index is 0. The Balaban J connectivity index is -0.000000151. The minimum atomic E-state index is -1.58. The number of carbonyl (C=O) groups is 6. The number of hydrogen-bond acceptors (Lipinski definition) is 10. The molecule has 1 radical (unpaired) electrons. The van der Waals surface area contributed by atoms with E-state index >= 15 is 0 Å². The molecule has 0 spiro atoms. The van der Waals surface area contributed by atoms with E-state index in [1.54, 1.807) is 28.2 Å². The molecule has 0 aromatic carbocycles. The van der Waals surface area contributed by atoms with Gasteiger partial charge in [-0.25, -0.2) is 19.6 Å². The van der Waals surface area contributed by atoms with Crippen molar-refractivity contribution in [3.8, 4) is 0 Å². The van der Waals surface area contributed by atoms with Crippen molar-refractivity contribution in [3.05, 3.63) is 34.4 Å². The van der Waals surface area contributed by atoms with E-state index in [1.165, 1.54) is 9.80 Å². The van der Waals surface area contributed by atoms with Crippen LogP contribution in [0, 0.1) is 0 Å². The van der Waals surface area contributed by atoms with Crippen molar-refractivity contribution < 1.29 is 77.2 Å². The summed E-state index contributed by atoms with van der Waals surface area (Å²) in [5.74, 6) is -5.16. The number of nitrogens with zero attached hydrogens (tertiary/aromatic N) is 4. The molecule has 0 aliphatic rings. The Kier molecular flexibility index (Phi) is 28.0. The van der Waals surface area contributed by atoms with Crippen LogP contribution in [0.1, 0.15) is 80.3 Å². The zero-order valence-corrected chi connectivity index (χ0v) is 24.3. The van der Waals surface area contributed by atoms with Gasteiger partial charge in [0.25, 0.3) is 0 Å². The standard InChI is InChI=1S/2C8H10N2O4.2C3H7NO.Cu.2H2O/c2*1-2-3-4-9-5(7(11)12)6(10-4)8(13)14;2*1-4(2)3-5;;;/h2*2-3H2,1H3,(H,9,10)(H,11,12)(H,13,14);2*3H,1-2H3;;2*1H2/q;;;;+2;;. The third-order valence-electron chi connectivity index (χ3n) is 3.72. The van der Waals surface area contributed by atoms with E-state index < -0.39 is 46.7 Å². The predicted octanol–water partition coefficient (Wildman–Crippen LogP) is -3.59. The summed E-state index contributed by atoms with van der Waals surface area (Å²) in [6, 6.07) is 0. The van der Waals surface area contributed by atoms with Crippen LogP contribution in [-0.4, -0.2) is 105 Å². The Bertz CT molecular complexity index is 938. The molecule has 237 valence electrons. The third-order valence-corrected chi connectivity index (χ3v) is 3.72. The molecule has 10 N–H and O–H groups in total. The molecule has 18 nitrogen and oxygen atoms in total. The Morgan fingerprint density at radius 2 is 0.976 bits per heavy atom. The molecule has 0 fully saturated rings. The van der Waals surface area contributed by atoms with Gasteiger partial charge in [-0.05, 0) is 12.8 Å². The topological polar surface area (TPSA) is 319 Å². The molecule has 0 atom stereocenters. The number of rotatable bonds is 10. The van der Waals surface area contributed by atoms with Gasteiger partial charge in [0, 0.05) is 41.0 Å². The summed E-state index contributed by atoms with van der Waals surface area (Å²) in [5.41, 5.74) is -1.93. The van der Waals surface area contributed by atoms with Crippen LogP contribution >= 0.6 is 0 Å². The summed E-state index contributed by atoms with van der Waals surface area (Å²) < 4.78 is 0. The van der Waals surface area contributed by atoms with E-state index in [1.807, 2.05) is 13.8 Å². The molecular formula is C22H38CuN6O12+2. The number of H-pyrrole nitrogens is 2. The van der Waals surface area contributed by atoms with Crippen LogP contribution in [0.2, 0.25) is 0 Å². The number of aromatic amines is 2. The second kappa shape index (κ2) is 24.7. The maximum absolute atomic E-state index is 10.6. The summed E-state index contributed by atoms with van der Waals surface area (Å²) in [6.07, 6.45) is 4.01. The largest absolute Gasteiger partial charge is 2.00 e. The van der Waals surface area contributed by atoms with E-state index in [-0.39, 0.29) is 28.0 Å². The van der Waals surface area contributed by atoms with Crippen LogP contribution in [0.3, 0.4) is 0 Å². The first kappa shape index (κ1) is 46.5. The van der Waals surface area contributed by atoms with E-state index in [9.17, 15) is 39.0 Å². The van der Waals surface area contributed by atoms with Crippen molar-refractivity contribution in [3.63, 3.8) is 0 Å². The van der Waals surface area contributed by atoms with E-state index in [4.69, 9.17) is 10.2 Å². The fraction of sp³-hybridized carbons (Fsp3) is 0.455. The Labute approximate surface area is 245 Å².